The zero-order chi connectivity index (χ0) is 11.9. The Morgan fingerprint density at radius 3 is 1.65 bits per heavy atom. The molecule has 2 rings (SSSR count). The van der Waals surface area contributed by atoms with E-state index < -0.39 is 0 Å². The number of rotatable bonds is 5. The molecule has 17 heavy (non-hydrogen) atoms. The molecule has 0 unspecified atom stereocenters. The molecule has 0 aliphatic carbocycles. The number of benzene rings is 2. The summed E-state index contributed by atoms with van der Waals surface area (Å²) in [6.45, 7) is 0. The van der Waals surface area contributed by atoms with Gasteiger partial charge in [0.15, 0.2) is 0 Å². The fourth-order valence-electron chi connectivity index (χ4n) is 1.94. The molecule has 0 aliphatic heterocycles. The first-order valence-electron chi connectivity index (χ1n) is 6.29. The highest BCUT2D eigenvalue weighted by molar-refractivity contribution is 7.73. The lowest BCUT2D eigenvalue weighted by Gasteiger charge is -2.18. The Labute approximate surface area is 108 Å². The molecule has 0 fully saturated rings. The minimum Gasteiger partial charge on any atom is -0.0655 e. The van der Waals surface area contributed by atoms with Gasteiger partial charge in [0.2, 0.25) is 0 Å². The van der Waals surface area contributed by atoms with E-state index in [1.807, 2.05) is 0 Å². The molecule has 0 N–H and O–H groups in total. The predicted molar refractivity (Wildman–Crippen MR) is 83.3 cm³/mol. The summed E-state index contributed by atoms with van der Waals surface area (Å²) in [5.74, 6) is 0. The van der Waals surface area contributed by atoms with Gasteiger partial charge >= 0.3 is 0 Å². The van der Waals surface area contributed by atoms with Crippen LogP contribution in [0, 0.1) is 0 Å². The van der Waals surface area contributed by atoms with Crippen molar-refractivity contribution >= 4 is 28.8 Å². The van der Waals surface area contributed by atoms with Crippen molar-refractivity contribution in [3.8, 4) is 0 Å². The van der Waals surface area contributed by atoms with Crippen molar-refractivity contribution in [2.24, 2.45) is 0 Å². The van der Waals surface area contributed by atoms with Crippen LogP contribution >= 0.6 is 7.92 Å². The molecule has 0 spiro atoms. The first-order valence-corrected chi connectivity index (χ1v) is 9.23. The molecule has 0 aromatic heterocycles. The Balaban J connectivity index is 2.26. The van der Waals surface area contributed by atoms with Crippen molar-refractivity contribution in [2.75, 3.05) is 6.16 Å². The van der Waals surface area contributed by atoms with Gasteiger partial charge in [0.25, 0.3) is 0 Å². The number of hydrogen-bond donors (Lipinski definition) is 0. The maximum absolute atomic E-state index is 2.28. The van der Waals surface area contributed by atoms with Gasteiger partial charge in [-0.05, 0) is 24.7 Å². The largest absolute Gasteiger partial charge is 0.0655 e. The molecule has 0 saturated heterocycles. The van der Waals surface area contributed by atoms with Gasteiger partial charge in [-0.1, -0.05) is 73.1 Å². The van der Waals surface area contributed by atoms with Crippen LogP contribution in [0.3, 0.4) is 0 Å². The Bertz CT molecular complexity index is 388. The van der Waals surface area contributed by atoms with Gasteiger partial charge in [-0.15, -0.1) is 0 Å². The summed E-state index contributed by atoms with van der Waals surface area (Å²) in [6, 6.07) is 23.4. The fourth-order valence-corrected chi connectivity index (χ4v) is 5.40. The Hall–Kier alpha value is -0.913. The van der Waals surface area contributed by atoms with Crippen LogP contribution in [0.15, 0.2) is 60.7 Å². The lowest BCUT2D eigenvalue weighted by atomic mass is 10.4. The zero-order valence-corrected chi connectivity index (χ0v) is 13.2. The molecule has 0 radical (unpaired) electrons. The van der Waals surface area contributed by atoms with Crippen LogP contribution in [0.25, 0.3) is 0 Å². The van der Waals surface area contributed by atoms with Gasteiger partial charge in [0.1, 0.15) is 0 Å². The minimum atomic E-state index is -0.135. The van der Waals surface area contributed by atoms with Crippen molar-refractivity contribution in [2.45, 2.75) is 12.5 Å². The summed E-state index contributed by atoms with van der Waals surface area (Å²) in [4.78, 5) is 0. The molecular weight excluding hydrogens is 239 g/mol. The third-order valence-corrected chi connectivity index (χ3v) is 6.18. The quantitative estimate of drug-likeness (QED) is 0.570. The normalized spacial score (nSPS) is 10.9. The second kappa shape index (κ2) is 6.73. The maximum Gasteiger partial charge on any atom is 0.00281 e. The van der Waals surface area contributed by atoms with Crippen LogP contribution in [0.2, 0.25) is 6.04 Å². The molecular formula is C15H19PSi. The third kappa shape index (κ3) is 3.52. The average molecular weight is 258 g/mol. The van der Waals surface area contributed by atoms with Gasteiger partial charge in [0, 0.05) is 10.2 Å². The van der Waals surface area contributed by atoms with Crippen LogP contribution in [-0.4, -0.2) is 16.4 Å². The molecule has 0 bridgehead atoms. The van der Waals surface area contributed by atoms with Crippen molar-refractivity contribution in [3.05, 3.63) is 60.7 Å². The van der Waals surface area contributed by atoms with Crippen LogP contribution in [0.5, 0.6) is 0 Å². The second-order valence-electron chi connectivity index (χ2n) is 4.18. The first kappa shape index (κ1) is 12.5. The highest BCUT2D eigenvalue weighted by Crippen LogP contribution is 2.34. The van der Waals surface area contributed by atoms with Crippen molar-refractivity contribution in [1.82, 2.24) is 0 Å². The van der Waals surface area contributed by atoms with Crippen molar-refractivity contribution in [3.63, 3.8) is 0 Å². The van der Waals surface area contributed by atoms with Crippen molar-refractivity contribution in [1.29, 1.82) is 0 Å². The van der Waals surface area contributed by atoms with Crippen LogP contribution < -0.4 is 10.6 Å². The minimum absolute atomic E-state index is 0.135. The van der Waals surface area contributed by atoms with Crippen molar-refractivity contribution < 1.29 is 0 Å². The summed E-state index contributed by atoms with van der Waals surface area (Å²) >= 11 is 0. The summed E-state index contributed by atoms with van der Waals surface area (Å²) in [7, 11) is 1.20. The summed E-state index contributed by atoms with van der Waals surface area (Å²) in [6.07, 6.45) is 2.72. The lowest BCUT2D eigenvalue weighted by molar-refractivity contribution is 1.09. The van der Waals surface area contributed by atoms with Gasteiger partial charge in [0.05, 0.1) is 0 Å². The molecule has 0 amide bonds. The van der Waals surface area contributed by atoms with E-state index in [9.17, 15) is 0 Å². The molecule has 0 saturated carbocycles. The molecule has 88 valence electrons. The molecule has 0 atom stereocenters. The van der Waals surface area contributed by atoms with E-state index in [1.165, 1.54) is 39.5 Å². The monoisotopic (exact) mass is 258 g/mol. The lowest BCUT2D eigenvalue weighted by Crippen LogP contribution is -2.13. The summed E-state index contributed by atoms with van der Waals surface area (Å²) in [5, 5.41) is 3.03. The molecule has 0 heterocycles. The summed E-state index contributed by atoms with van der Waals surface area (Å²) in [5.41, 5.74) is 0. The van der Waals surface area contributed by atoms with E-state index in [2.05, 4.69) is 60.7 Å². The van der Waals surface area contributed by atoms with E-state index in [1.54, 1.807) is 0 Å². The Morgan fingerprint density at radius 1 is 0.765 bits per heavy atom. The SMILES string of the molecule is [SiH3]CCCP(c1ccccc1)c1ccccc1. The standard InChI is InChI=1S/C15H19PSi/c17-13-7-12-16(14-8-3-1-4-9-14)15-10-5-2-6-11-15/h1-6,8-11H,7,12-13H2,17H3. The molecule has 2 heteroatoms. The van der Waals surface area contributed by atoms with E-state index in [-0.39, 0.29) is 7.92 Å². The van der Waals surface area contributed by atoms with Gasteiger partial charge in [-0.25, -0.2) is 0 Å². The molecule has 0 aliphatic rings. The zero-order valence-electron chi connectivity index (χ0n) is 10.3. The molecule has 0 nitrogen and oxygen atoms in total. The average Bonchev–Trinajstić information content (AvgIpc) is 2.42. The molecule has 2 aromatic carbocycles. The Morgan fingerprint density at radius 2 is 1.24 bits per heavy atom. The Kier molecular flexibility index (Phi) is 4.97. The number of hydrogen-bond acceptors (Lipinski definition) is 0. The maximum atomic E-state index is 2.28. The van der Waals surface area contributed by atoms with Gasteiger partial charge < -0.3 is 0 Å². The smallest absolute Gasteiger partial charge is 0.00281 e. The highest BCUT2D eigenvalue weighted by atomic mass is 31.1. The van der Waals surface area contributed by atoms with E-state index >= 15 is 0 Å². The van der Waals surface area contributed by atoms with Gasteiger partial charge in [-0.3, -0.25) is 0 Å². The highest BCUT2D eigenvalue weighted by Gasteiger charge is 2.11. The van der Waals surface area contributed by atoms with E-state index in [0.717, 1.165) is 0 Å². The second-order valence-corrected chi connectivity index (χ2v) is 7.51. The van der Waals surface area contributed by atoms with Crippen LogP contribution in [0.4, 0.5) is 0 Å². The third-order valence-electron chi connectivity index (χ3n) is 2.87. The molecule has 2 aromatic rings. The topological polar surface area (TPSA) is 0 Å². The van der Waals surface area contributed by atoms with E-state index in [0.29, 0.717) is 0 Å². The predicted octanol–water partition coefficient (Wildman–Crippen LogP) is 2.29. The van der Waals surface area contributed by atoms with E-state index in [4.69, 9.17) is 0 Å². The summed E-state index contributed by atoms with van der Waals surface area (Å²) < 4.78 is 0. The van der Waals surface area contributed by atoms with Crippen LogP contribution in [-0.2, 0) is 0 Å². The fraction of sp³-hybridized carbons (Fsp3) is 0.200. The first-order chi connectivity index (χ1) is 8.42. The van der Waals surface area contributed by atoms with Gasteiger partial charge in [-0.2, -0.15) is 0 Å². The van der Waals surface area contributed by atoms with Crippen LogP contribution in [0.1, 0.15) is 6.42 Å².